The highest BCUT2D eigenvalue weighted by molar-refractivity contribution is 5.86. The fraction of sp³-hybridized carbons (Fsp3) is 0.800. The largest absolute Gasteiger partial charge is 0.469 e. The molecule has 0 aromatic heterocycles. The predicted octanol–water partition coefficient (Wildman–Crippen LogP) is 1.45. The molecule has 0 saturated carbocycles. The molecule has 1 amide bonds. The SMILES string of the molecule is COC(=O)C1CN(C(=O)C(F)(F)C(F)(F)F)CC1C. The first-order valence-corrected chi connectivity index (χ1v) is 5.34. The van der Waals surface area contributed by atoms with Crippen molar-refractivity contribution in [2.24, 2.45) is 11.8 Å². The fourth-order valence-corrected chi connectivity index (χ4v) is 1.91. The van der Waals surface area contributed by atoms with Gasteiger partial charge in [0.05, 0.1) is 13.0 Å². The molecular formula is C10H12F5NO3. The smallest absolute Gasteiger partial charge is 0.463 e. The molecule has 0 N–H and O–H groups in total. The van der Waals surface area contributed by atoms with Crippen LogP contribution in [0.3, 0.4) is 0 Å². The molecule has 0 aliphatic carbocycles. The third-order valence-corrected chi connectivity index (χ3v) is 3.03. The van der Waals surface area contributed by atoms with E-state index in [1.807, 2.05) is 0 Å². The van der Waals surface area contributed by atoms with E-state index in [0.717, 1.165) is 7.11 Å². The lowest BCUT2D eigenvalue weighted by Gasteiger charge is -2.24. The van der Waals surface area contributed by atoms with E-state index in [2.05, 4.69) is 4.74 Å². The molecule has 2 unspecified atom stereocenters. The van der Waals surface area contributed by atoms with Crippen LogP contribution >= 0.6 is 0 Å². The van der Waals surface area contributed by atoms with Gasteiger partial charge in [0.15, 0.2) is 0 Å². The lowest BCUT2D eigenvalue weighted by Crippen LogP contribution is -2.51. The van der Waals surface area contributed by atoms with Gasteiger partial charge in [0, 0.05) is 13.1 Å². The van der Waals surface area contributed by atoms with Gasteiger partial charge in [-0.1, -0.05) is 6.92 Å². The highest BCUT2D eigenvalue weighted by atomic mass is 19.4. The Morgan fingerprint density at radius 1 is 1.16 bits per heavy atom. The Morgan fingerprint density at radius 3 is 2.11 bits per heavy atom. The van der Waals surface area contributed by atoms with E-state index in [1.54, 1.807) is 0 Å². The second-order valence-electron chi connectivity index (χ2n) is 4.39. The van der Waals surface area contributed by atoms with Gasteiger partial charge in [-0.2, -0.15) is 22.0 Å². The Hall–Kier alpha value is -1.41. The van der Waals surface area contributed by atoms with E-state index < -0.39 is 42.4 Å². The van der Waals surface area contributed by atoms with Gasteiger partial charge in [-0.3, -0.25) is 9.59 Å². The summed E-state index contributed by atoms with van der Waals surface area (Å²) in [5.74, 6) is -9.95. The number of halogens is 5. The van der Waals surface area contributed by atoms with E-state index >= 15 is 0 Å². The summed E-state index contributed by atoms with van der Waals surface area (Å²) in [7, 11) is 1.07. The summed E-state index contributed by atoms with van der Waals surface area (Å²) in [6.45, 7) is 0.628. The second-order valence-corrected chi connectivity index (χ2v) is 4.39. The highest BCUT2D eigenvalue weighted by Crippen LogP contribution is 2.38. The summed E-state index contributed by atoms with van der Waals surface area (Å²) in [6.07, 6.45) is -5.95. The minimum atomic E-state index is -5.95. The minimum Gasteiger partial charge on any atom is -0.469 e. The molecule has 1 rings (SSSR count). The van der Waals surface area contributed by atoms with Crippen molar-refractivity contribution in [3.8, 4) is 0 Å². The molecule has 1 fully saturated rings. The summed E-state index contributed by atoms with van der Waals surface area (Å²) in [6, 6.07) is 0. The van der Waals surface area contributed by atoms with Crippen molar-refractivity contribution < 1.29 is 36.3 Å². The number of methoxy groups -OCH3 is 1. The predicted molar refractivity (Wildman–Crippen MR) is 52.3 cm³/mol. The summed E-state index contributed by atoms with van der Waals surface area (Å²) in [5, 5.41) is 0. The zero-order chi connectivity index (χ0) is 15.0. The summed E-state index contributed by atoms with van der Waals surface area (Å²) in [4.78, 5) is 22.8. The van der Waals surface area contributed by atoms with Crippen molar-refractivity contribution >= 4 is 11.9 Å². The van der Waals surface area contributed by atoms with Crippen LogP contribution < -0.4 is 0 Å². The number of hydrogen-bond acceptors (Lipinski definition) is 3. The van der Waals surface area contributed by atoms with Crippen LogP contribution in [0.5, 0.6) is 0 Å². The average molecular weight is 289 g/mol. The zero-order valence-electron chi connectivity index (χ0n) is 10.1. The van der Waals surface area contributed by atoms with Crippen molar-refractivity contribution in [1.82, 2.24) is 4.90 Å². The van der Waals surface area contributed by atoms with Crippen LogP contribution in [0.2, 0.25) is 0 Å². The lowest BCUT2D eigenvalue weighted by atomic mass is 9.99. The van der Waals surface area contributed by atoms with Gasteiger partial charge in [0.2, 0.25) is 0 Å². The molecule has 0 aromatic rings. The van der Waals surface area contributed by atoms with Crippen molar-refractivity contribution in [1.29, 1.82) is 0 Å². The van der Waals surface area contributed by atoms with Gasteiger partial charge in [-0.15, -0.1) is 0 Å². The van der Waals surface area contributed by atoms with Crippen molar-refractivity contribution in [2.45, 2.75) is 19.0 Å². The number of likely N-dealkylation sites (tertiary alicyclic amines) is 1. The standard InChI is InChI=1S/C10H12F5NO3/c1-5-3-16(4-6(5)7(17)19-2)8(18)9(11,12)10(13,14)15/h5-6H,3-4H2,1-2H3. The molecule has 0 aromatic carbocycles. The quantitative estimate of drug-likeness (QED) is 0.571. The Bertz CT molecular complexity index is 382. The summed E-state index contributed by atoms with van der Waals surface area (Å²) >= 11 is 0. The van der Waals surface area contributed by atoms with E-state index in [9.17, 15) is 31.5 Å². The molecule has 2 atom stereocenters. The summed E-state index contributed by atoms with van der Waals surface area (Å²) < 4.78 is 66.4. The van der Waals surface area contributed by atoms with E-state index in [1.165, 1.54) is 6.92 Å². The normalized spacial score (nSPS) is 24.5. The first-order chi connectivity index (χ1) is 8.52. The molecule has 1 heterocycles. The molecule has 1 aliphatic heterocycles. The maximum absolute atomic E-state index is 12.9. The molecule has 110 valence electrons. The van der Waals surface area contributed by atoms with Gasteiger partial charge in [-0.25, -0.2) is 0 Å². The van der Waals surface area contributed by atoms with Gasteiger partial charge in [0.1, 0.15) is 0 Å². The maximum atomic E-state index is 12.9. The molecule has 4 nitrogen and oxygen atoms in total. The summed E-state index contributed by atoms with van der Waals surface area (Å²) in [5.41, 5.74) is 0. The molecule has 1 saturated heterocycles. The van der Waals surface area contributed by atoms with Crippen molar-refractivity contribution in [3.63, 3.8) is 0 Å². The first-order valence-electron chi connectivity index (χ1n) is 5.34. The van der Waals surface area contributed by atoms with Gasteiger partial charge < -0.3 is 9.64 Å². The number of nitrogens with zero attached hydrogens (tertiary/aromatic N) is 1. The van der Waals surface area contributed by atoms with Crippen LogP contribution in [0.25, 0.3) is 0 Å². The number of esters is 1. The number of hydrogen-bond donors (Lipinski definition) is 0. The number of ether oxygens (including phenoxy) is 1. The Balaban J connectivity index is 2.85. The minimum absolute atomic E-state index is 0.343. The lowest BCUT2D eigenvalue weighted by molar-refractivity contribution is -0.274. The number of rotatable bonds is 2. The number of carbonyl (C=O) groups excluding carboxylic acids is 2. The second kappa shape index (κ2) is 4.93. The molecule has 0 radical (unpaired) electrons. The van der Waals surface area contributed by atoms with Crippen LogP contribution in [0.4, 0.5) is 22.0 Å². The van der Waals surface area contributed by atoms with Gasteiger partial charge >= 0.3 is 24.0 Å². The zero-order valence-corrected chi connectivity index (χ0v) is 10.1. The van der Waals surface area contributed by atoms with E-state index in [4.69, 9.17) is 0 Å². The topological polar surface area (TPSA) is 46.6 Å². The molecular weight excluding hydrogens is 277 g/mol. The Labute approximate surface area is 105 Å². The van der Waals surface area contributed by atoms with Crippen molar-refractivity contribution in [2.75, 3.05) is 20.2 Å². The molecule has 0 spiro atoms. The van der Waals surface area contributed by atoms with E-state index in [0.29, 0.717) is 4.90 Å². The van der Waals surface area contributed by atoms with Crippen LogP contribution in [0.1, 0.15) is 6.92 Å². The van der Waals surface area contributed by atoms with Gasteiger partial charge in [-0.05, 0) is 5.92 Å². The molecule has 9 heteroatoms. The highest BCUT2D eigenvalue weighted by Gasteiger charge is 2.65. The average Bonchev–Trinajstić information content (AvgIpc) is 2.67. The van der Waals surface area contributed by atoms with Crippen LogP contribution in [0, 0.1) is 11.8 Å². The van der Waals surface area contributed by atoms with Crippen LogP contribution in [0.15, 0.2) is 0 Å². The third kappa shape index (κ3) is 2.79. The van der Waals surface area contributed by atoms with Crippen LogP contribution in [-0.2, 0) is 14.3 Å². The first kappa shape index (κ1) is 15.6. The van der Waals surface area contributed by atoms with Crippen molar-refractivity contribution in [3.05, 3.63) is 0 Å². The molecule has 19 heavy (non-hydrogen) atoms. The Kier molecular flexibility index (Phi) is 4.06. The van der Waals surface area contributed by atoms with Gasteiger partial charge in [0.25, 0.3) is 0 Å². The number of carbonyl (C=O) groups is 2. The van der Waals surface area contributed by atoms with Crippen LogP contribution in [-0.4, -0.2) is 49.1 Å². The third-order valence-electron chi connectivity index (χ3n) is 3.03. The Morgan fingerprint density at radius 2 is 1.68 bits per heavy atom. The monoisotopic (exact) mass is 289 g/mol. The fourth-order valence-electron chi connectivity index (χ4n) is 1.91. The molecule has 0 bridgehead atoms. The molecule has 1 aliphatic rings. The number of amides is 1. The maximum Gasteiger partial charge on any atom is 0.463 e. The van der Waals surface area contributed by atoms with E-state index in [-0.39, 0.29) is 6.54 Å². The number of alkyl halides is 5.